The number of carbonyl (C=O) groups is 4. The summed E-state index contributed by atoms with van der Waals surface area (Å²) < 4.78 is 5.00. The molecular formula is C23H31N3O5. The number of amides is 4. The third-order valence-corrected chi connectivity index (χ3v) is 6.35. The summed E-state index contributed by atoms with van der Waals surface area (Å²) in [6, 6.07) is 5.44. The normalized spacial score (nSPS) is 18.2. The first-order chi connectivity index (χ1) is 14.8. The van der Waals surface area contributed by atoms with Gasteiger partial charge >= 0.3 is 12.0 Å². The van der Waals surface area contributed by atoms with Gasteiger partial charge in [0.2, 0.25) is 0 Å². The van der Waals surface area contributed by atoms with Crippen LogP contribution in [0.15, 0.2) is 18.2 Å². The van der Waals surface area contributed by atoms with Crippen LogP contribution in [-0.4, -0.2) is 47.4 Å². The Labute approximate surface area is 182 Å². The van der Waals surface area contributed by atoms with Gasteiger partial charge in [0.1, 0.15) is 12.1 Å². The molecule has 1 aliphatic carbocycles. The van der Waals surface area contributed by atoms with E-state index in [0.717, 1.165) is 23.3 Å². The SMILES string of the molecule is CCC1(CC)NC(=O)N(CC(=O)OCC(=O)N[C@H](C)c2ccc3c(c2)CCCC3)C1=O. The summed E-state index contributed by atoms with van der Waals surface area (Å²) in [7, 11) is 0. The van der Waals surface area contributed by atoms with Crippen LogP contribution >= 0.6 is 0 Å². The maximum atomic E-state index is 12.5. The molecule has 31 heavy (non-hydrogen) atoms. The van der Waals surface area contributed by atoms with Crippen LogP contribution in [-0.2, 0) is 32.0 Å². The van der Waals surface area contributed by atoms with Crippen molar-refractivity contribution >= 4 is 23.8 Å². The van der Waals surface area contributed by atoms with Gasteiger partial charge in [-0.1, -0.05) is 32.0 Å². The highest BCUT2D eigenvalue weighted by molar-refractivity contribution is 6.08. The van der Waals surface area contributed by atoms with Gasteiger partial charge in [-0.25, -0.2) is 4.79 Å². The Kier molecular flexibility index (Phi) is 6.97. The van der Waals surface area contributed by atoms with E-state index < -0.39 is 42.5 Å². The molecule has 168 valence electrons. The van der Waals surface area contributed by atoms with Gasteiger partial charge in [0.25, 0.3) is 11.8 Å². The zero-order valence-electron chi connectivity index (χ0n) is 18.5. The number of hydrogen-bond acceptors (Lipinski definition) is 5. The molecular weight excluding hydrogens is 398 g/mol. The molecule has 0 saturated carbocycles. The lowest BCUT2D eigenvalue weighted by atomic mass is 9.89. The molecule has 1 atom stereocenters. The van der Waals surface area contributed by atoms with Crippen molar-refractivity contribution in [1.82, 2.24) is 15.5 Å². The number of fused-ring (bicyclic) bond motifs is 1. The third-order valence-electron chi connectivity index (χ3n) is 6.35. The number of nitrogens with one attached hydrogen (secondary N) is 2. The van der Waals surface area contributed by atoms with Gasteiger partial charge in [-0.2, -0.15) is 0 Å². The Morgan fingerprint density at radius 3 is 2.48 bits per heavy atom. The maximum absolute atomic E-state index is 12.5. The number of nitrogens with zero attached hydrogens (tertiary/aromatic N) is 1. The van der Waals surface area contributed by atoms with Gasteiger partial charge < -0.3 is 15.4 Å². The molecule has 2 aliphatic rings. The highest BCUT2D eigenvalue weighted by Crippen LogP contribution is 2.25. The fraction of sp³-hybridized carbons (Fsp3) is 0.565. The minimum Gasteiger partial charge on any atom is -0.454 e. The van der Waals surface area contributed by atoms with E-state index in [1.54, 1.807) is 13.8 Å². The van der Waals surface area contributed by atoms with E-state index in [2.05, 4.69) is 22.8 Å². The number of urea groups is 1. The lowest BCUT2D eigenvalue weighted by molar-refractivity contribution is -0.151. The first kappa shape index (κ1) is 22.8. The Morgan fingerprint density at radius 2 is 1.84 bits per heavy atom. The van der Waals surface area contributed by atoms with Gasteiger partial charge in [-0.3, -0.25) is 19.3 Å². The van der Waals surface area contributed by atoms with E-state index in [1.807, 2.05) is 13.0 Å². The number of imide groups is 1. The van der Waals surface area contributed by atoms with Crippen molar-refractivity contribution in [3.63, 3.8) is 0 Å². The van der Waals surface area contributed by atoms with Crippen LogP contribution < -0.4 is 10.6 Å². The molecule has 1 fully saturated rings. The van der Waals surface area contributed by atoms with Crippen LogP contribution in [0.4, 0.5) is 4.79 Å². The monoisotopic (exact) mass is 429 g/mol. The standard InChI is InChI=1S/C23H31N3O5/c1-4-23(5-2)21(29)26(22(30)25-23)13-20(28)31-14-19(27)24-15(3)17-11-10-16-8-6-7-9-18(16)12-17/h10-12,15H,4-9,13-14H2,1-3H3,(H,24,27)(H,25,30)/t15-/m1/s1. The van der Waals surface area contributed by atoms with Crippen LogP contribution in [0.2, 0.25) is 0 Å². The van der Waals surface area contributed by atoms with E-state index in [0.29, 0.717) is 12.8 Å². The molecule has 4 amide bonds. The number of aryl methyl sites for hydroxylation is 2. The summed E-state index contributed by atoms with van der Waals surface area (Å²) in [5, 5.41) is 5.48. The van der Waals surface area contributed by atoms with Crippen LogP contribution in [0.1, 0.15) is 69.2 Å². The molecule has 3 rings (SSSR count). The van der Waals surface area contributed by atoms with Crippen molar-refractivity contribution in [3.8, 4) is 0 Å². The summed E-state index contributed by atoms with van der Waals surface area (Å²) in [6.45, 7) is 4.51. The van der Waals surface area contributed by atoms with Crippen LogP contribution in [0, 0.1) is 0 Å². The molecule has 8 nitrogen and oxygen atoms in total. The Hall–Kier alpha value is -2.90. The number of benzene rings is 1. The lowest BCUT2D eigenvalue weighted by Gasteiger charge is -2.22. The molecule has 0 aromatic heterocycles. The van der Waals surface area contributed by atoms with Crippen molar-refractivity contribution in [2.75, 3.05) is 13.2 Å². The molecule has 1 saturated heterocycles. The van der Waals surface area contributed by atoms with E-state index in [4.69, 9.17) is 4.74 Å². The number of ether oxygens (including phenoxy) is 1. The van der Waals surface area contributed by atoms with E-state index in [1.165, 1.54) is 24.0 Å². The van der Waals surface area contributed by atoms with Gasteiger partial charge in [0.15, 0.2) is 6.61 Å². The highest BCUT2D eigenvalue weighted by Gasteiger charge is 2.49. The minimum absolute atomic E-state index is 0.223. The molecule has 8 heteroatoms. The van der Waals surface area contributed by atoms with Gasteiger partial charge in [0.05, 0.1) is 6.04 Å². The summed E-state index contributed by atoms with van der Waals surface area (Å²) in [5.74, 6) is -1.68. The fourth-order valence-electron chi connectivity index (χ4n) is 4.26. The zero-order chi connectivity index (χ0) is 22.6. The molecule has 0 spiro atoms. The fourth-order valence-corrected chi connectivity index (χ4v) is 4.26. The van der Waals surface area contributed by atoms with Crippen LogP contribution in [0.25, 0.3) is 0 Å². The average molecular weight is 430 g/mol. The number of esters is 1. The van der Waals surface area contributed by atoms with Crippen LogP contribution in [0.5, 0.6) is 0 Å². The largest absolute Gasteiger partial charge is 0.454 e. The number of rotatable bonds is 8. The summed E-state index contributed by atoms with van der Waals surface area (Å²) in [6.07, 6.45) is 5.42. The van der Waals surface area contributed by atoms with Crippen molar-refractivity contribution in [2.45, 2.75) is 70.9 Å². The molecule has 0 unspecified atom stereocenters. The second-order valence-corrected chi connectivity index (χ2v) is 8.30. The van der Waals surface area contributed by atoms with Gasteiger partial charge in [0, 0.05) is 0 Å². The second-order valence-electron chi connectivity index (χ2n) is 8.30. The predicted octanol–water partition coefficient (Wildman–Crippen LogP) is 2.40. The second kappa shape index (κ2) is 9.49. The highest BCUT2D eigenvalue weighted by atomic mass is 16.5. The molecule has 1 heterocycles. The predicted molar refractivity (Wildman–Crippen MR) is 114 cm³/mol. The van der Waals surface area contributed by atoms with E-state index in [-0.39, 0.29) is 6.04 Å². The Bertz CT molecular complexity index is 878. The van der Waals surface area contributed by atoms with Gasteiger partial charge in [-0.05, 0) is 62.1 Å². The molecule has 2 N–H and O–H groups in total. The van der Waals surface area contributed by atoms with E-state index in [9.17, 15) is 19.2 Å². The Morgan fingerprint density at radius 1 is 1.16 bits per heavy atom. The summed E-state index contributed by atoms with van der Waals surface area (Å²) in [4.78, 5) is 49.8. The molecule has 1 aromatic rings. The van der Waals surface area contributed by atoms with Crippen molar-refractivity contribution in [1.29, 1.82) is 0 Å². The zero-order valence-corrected chi connectivity index (χ0v) is 18.5. The minimum atomic E-state index is -0.973. The van der Waals surface area contributed by atoms with Crippen molar-refractivity contribution in [3.05, 3.63) is 34.9 Å². The van der Waals surface area contributed by atoms with Crippen molar-refractivity contribution < 1.29 is 23.9 Å². The topological polar surface area (TPSA) is 105 Å². The van der Waals surface area contributed by atoms with Crippen LogP contribution in [0.3, 0.4) is 0 Å². The summed E-state index contributed by atoms with van der Waals surface area (Å²) in [5.41, 5.74) is 2.74. The van der Waals surface area contributed by atoms with E-state index >= 15 is 0 Å². The molecule has 0 radical (unpaired) electrons. The average Bonchev–Trinajstić information content (AvgIpc) is 3.02. The number of hydrogen-bond donors (Lipinski definition) is 2. The third kappa shape index (κ3) is 4.89. The smallest absolute Gasteiger partial charge is 0.326 e. The molecule has 0 bridgehead atoms. The van der Waals surface area contributed by atoms with Crippen molar-refractivity contribution in [2.24, 2.45) is 0 Å². The lowest BCUT2D eigenvalue weighted by Crippen LogP contribution is -2.46. The first-order valence-electron chi connectivity index (χ1n) is 11.0. The maximum Gasteiger partial charge on any atom is 0.326 e. The Balaban J connectivity index is 1.49. The van der Waals surface area contributed by atoms with Gasteiger partial charge in [-0.15, -0.1) is 0 Å². The molecule has 1 aliphatic heterocycles. The number of carbonyl (C=O) groups excluding carboxylic acids is 4. The first-order valence-corrected chi connectivity index (χ1v) is 11.0. The summed E-state index contributed by atoms with van der Waals surface area (Å²) >= 11 is 0. The quantitative estimate of drug-likeness (QED) is 0.488. The molecule has 1 aromatic carbocycles.